The Balaban J connectivity index is 1.52. The number of Topliss-reactive ketones (excluding diaryl/α,β-unsaturated/α-hetero) is 3. The molecule has 2 aliphatic carbocycles. The Morgan fingerprint density at radius 1 is 0.784 bits per heavy atom. The van der Waals surface area contributed by atoms with Crippen LogP contribution in [0.5, 0.6) is 0 Å². The van der Waals surface area contributed by atoms with Gasteiger partial charge in [-0.15, -0.1) is 11.8 Å². The van der Waals surface area contributed by atoms with E-state index < -0.39 is 28.6 Å². The van der Waals surface area contributed by atoms with Crippen molar-refractivity contribution in [3.8, 4) is 0 Å². The van der Waals surface area contributed by atoms with E-state index in [4.69, 9.17) is 0 Å². The van der Waals surface area contributed by atoms with Crippen LogP contribution in [0, 0.1) is 5.41 Å². The van der Waals surface area contributed by atoms with Gasteiger partial charge < -0.3 is 0 Å². The smallest absolute Gasteiger partial charge is 0.293 e. The molecule has 8 heteroatoms. The Kier molecular flexibility index (Phi) is 4.60. The quantitative estimate of drug-likeness (QED) is 0.402. The van der Waals surface area contributed by atoms with Crippen LogP contribution in [-0.4, -0.2) is 45.5 Å². The van der Waals surface area contributed by atoms with E-state index in [-0.39, 0.29) is 29.8 Å². The Morgan fingerprint density at radius 2 is 1.38 bits per heavy atom. The lowest BCUT2D eigenvalue weighted by atomic mass is 9.58. The van der Waals surface area contributed by atoms with Crippen molar-refractivity contribution < 1.29 is 27.6 Å². The third-order valence-electron chi connectivity index (χ3n) is 8.72. The minimum atomic E-state index is -4.50. The lowest BCUT2D eigenvalue weighted by Gasteiger charge is -2.43. The summed E-state index contributed by atoms with van der Waals surface area (Å²) in [6.45, 7) is 0. The molecule has 4 nitrogen and oxygen atoms in total. The van der Waals surface area contributed by atoms with Crippen molar-refractivity contribution in [2.75, 3.05) is 11.6 Å². The monoisotopic (exact) mass is 519 g/mol. The Hall–Kier alpha value is -3.23. The van der Waals surface area contributed by atoms with Crippen molar-refractivity contribution in [2.24, 2.45) is 5.41 Å². The molecule has 3 aromatic carbocycles. The van der Waals surface area contributed by atoms with Crippen LogP contribution in [0.4, 0.5) is 13.2 Å². The predicted molar refractivity (Wildman–Crippen MR) is 132 cm³/mol. The van der Waals surface area contributed by atoms with E-state index >= 15 is 0 Å². The number of thioether (sulfide) groups is 1. The minimum absolute atomic E-state index is 0.177. The molecule has 3 aromatic rings. The van der Waals surface area contributed by atoms with Gasteiger partial charge in [-0.1, -0.05) is 60.7 Å². The maximum atomic E-state index is 14.5. The highest BCUT2D eigenvalue weighted by Crippen LogP contribution is 2.67. The van der Waals surface area contributed by atoms with Crippen molar-refractivity contribution >= 4 is 29.1 Å². The van der Waals surface area contributed by atoms with E-state index in [1.54, 1.807) is 48.2 Å². The van der Waals surface area contributed by atoms with Gasteiger partial charge in [0.05, 0.1) is 11.0 Å². The first-order valence-corrected chi connectivity index (χ1v) is 13.2. The molecule has 2 spiro atoms. The maximum Gasteiger partial charge on any atom is 0.416 e. The summed E-state index contributed by atoms with van der Waals surface area (Å²) in [6, 6.07) is 18.4. The van der Waals surface area contributed by atoms with Crippen LogP contribution in [0.2, 0.25) is 0 Å². The second-order valence-corrected chi connectivity index (χ2v) is 11.2. The van der Waals surface area contributed by atoms with Gasteiger partial charge in [-0.25, -0.2) is 0 Å². The SMILES string of the molecule is O=C1c2ccccc2CC12C(c1ccc(C(F)(F)F)cc1)C1CSCN1C21C(=O)c2ccccc2C1=O. The minimum Gasteiger partial charge on any atom is -0.293 e. The number of fused-ring (bicyclic) bond motifs is 5. The molecule has 3 unspecified atom stereocenters. The zero-order valence-corrected chi connectivity index (χ0v) is 20.2. The number of rotatable bonds is 1. The summed E-state index contributed by atoms with van der Waals surface area (Å²) in [6.07, 6.45) is -4.32. The molecule has 2 fully saturated rings. The normalized spacial score (nSPS) is 27.8. The molecule has 2 saturated heterocycles. The number of ketones is 3. The van der Waals surface area contributed by atoms with Crippen molar-refractivity contribution in [3.63, 3.8) is 0 Å². The van der Waals surface area contributed by atoms with Gasteiger partial charge in [0.15, 0.2) is 22.9 Å². The van der Waals surface area contributed by atoms with Gasteiger partial charge in [0.2, 0.25) is 0 Å². The third-order valence-corrected chi connectivity index (χ3v) is 9.76. The van der Waals surface area contributed by atoms with Gasteiger partial charge in [-0.3, -0.25) is 19.3 Å². The van der Waals surface area contributed by atoms with Crippen LogP contribution in [0.15, 0.2) is 72.8 Å². The zero-order chi connectivity index (χ0) is 25.7. The fourth-order valence-electron chi connectivity index (χ4n) is 7.37. The van der Waals surface area contributed by atoms with Gasteiger partial charge in [0, 0.05) is 40.3 Å². The van der Waals surface area contributed by atoms with Crippen LogP contribution in [0.25, 0.3) is 0 Å². The summed E-state index contributed by atoms with van der Waals surface area (Å²) in [7, 11) is 0. The molecule has 2 aliphatic heterocycles. The van der Waals surface area contributed by atoms with Crippen molar-refractivity contribution in [1.82, 2.24) is 4.90 Å². The maximum absolute atomic E-state index is 14.5. The number of hydrogen-bond acceptors (Lipinski definition) is 5. The van der Waals surface area contributed by atoms with Crippen LogP contribution in [0.3, 0.4) is 0 Å². The van der Waals surface area contributed by atoms with Gasteiger partial charge in [0.1, 0.15) is 0 Å². The van der Waals surface area contributed by atoms with Gasteiger partial charge in [-0.05, 0) is 29.7 Å². The molecule has 2 heterocycles. The van der Waals surface area contributed by atoms with E-state index in [1.165, 1.54) is 12.1 Å². The second-order valence-electron chi connectivity index (χ2n) is 10.2. The van der Waals surface area contributed by atoms with E-state index in [1.807, 2.05) is 17.0 Å². The average Bonchev–Trinajstić information content (AvgIpc) is 3.59. The fourth-order valence-corrected chi connectivity index (χ4v) is 8.67. The van der Waals surface area contributed by atoms with Crippen LogP contribution in [-0.2, 0) is 12.6 Å². The number of halogens is 3. The van der Waals surface area contributed by atoms with E-state index in [0.717, 1.165) is 17.7 Å². The molecular weight excluding hydrogens is 499 g/mol. The van der Waals surface area contributed by atoms with Crippen LogP contribution < -0.4 is 0 Å². The number of alkyl halides is 3. The molecule has 37 heavy (non-hydrogen) atoms. The number of nitrogens with zero attached hydrogens (tertiary/aromatic N) is 1. The number of carbonyl (C=O) groups is 3. The average molecular weight is 520 g/mol. The number of hydrogen-bond donors (Lipinski definition) is 0. The summed E-state index contributed by atoms with van der Waals surface area (Å²) in [5.41, 5.74) is -1.60. The largest absolute Gasteiger partial charge is 0.416 e. The van der Waals surface area contributed by atoms with Gasteiger partial charge in [0.25, 0.3) is 0 Å². The third kappa shape index (κ3) is 2.62. The molecule has 3 atom stereocenters. The van der Waals surface area contributed by atoms with Gasteiger partial charge >= 0.3 is 6.18 Å². The molecule has 0 amide bonds. The Morgan fingerprint density at radius 3 is 1.97 bits per heavy atom. The highest BCUT2D eigenvalue weighted by molar-refractivity contribution is 7.99. The number of benzene rings is 3. The molecule has 0 bridgehead atoms. The topological polar surface area (TPSA) is 54.5 Å². The highest BCUT2D eigenvalue weighted by atomic mass is 32.2. The molecule has 0 radical (unpaired) electrons. The van der Waals surface area contributed by atoms with E-state index in [0.29, 0.717) is 33.9 Å². The first-order chi connectivity index (χ1) is 17.7. The summed E-state index contributed by atoms with van der Waals surface area (Å²) >= 11 is 1.57. The molecule has 0 saturated carbocycles. The van der Waals surface area contributed by atoms with E-state index in [9.17, 15) is 27.6 Å². The van der Waals surface area contributed by atoms with E-state index in [2.05, 4.69) is 0 Å². The summed E-state index contributed by atoms with van der Waals surface area (Å²) in [4.78, 5) is 45.3. The lowest BCUT2D eigenvalue weighted by Crippen LogP contribution is -2.64. The zero-order valence-electron chi connectivity index (χ0n) is 19.4. The standard InChI is InChI=1S/C29H20F3NO3S/c30-29(31,32)18-11-9-16(10-12-18)23-22-14-37-15-33(22)28(25(35)20-7-3-4-8-21(20)26(28)36)27(23)13-17-5-1-2-6-19(17)24(27)34/h1-12,22-23H,13-15H2. The van der Waals surface area contributed by atoms with Crippen molar-refractivity contribution in [3.05, 3.63) is 106 Å². The molecule has 186 valence electrons. The molecule has 4 aliphatic rings. The van der Waals surface area contributed by atoms with Gasteiger partial charge in [-0.2, -0.15) is 13.2 Å². The lowest BCUT2D eigenvalue weighted by molar-refractivity contribution is -0.137. The summed E-state index contributed by atoms with van der Waals surface area (Å²) in [5, 5.41) is 0. The Bertz CT molecular complexity index is 1480. The summed E-state index contributed by atoms with van der Waals surface area (Å²) < 4.78 is 40.2. The van der Waals surface area contributed by atoms with Crippen LogP contribution in [0.1, 0.15) is 53.7 Å². The first kappa shape index (κ1) is 22.9. The van der Waals surface area contributed by atoms with Crippen LogP contribution >= 0.6 is 11.8 Å². The molecular formula is C29H20F3NO3S. The Labute approximate surface area is 214 Å². The summed E-state index contributed by atoms with van der Waals surface area (Å²) in [5.74, 6) is -0.713. The highest BCUT2D eigenvalue weighted by Gasteiger charge is 2.81. The van der Waals surface area contributed by atoms with Crippen molar-refractivity contribution in [1.29, 1.82) is 0 Å². The molecule has 0 aromatic heterocycles. The molecule has 7 rings (SSSR count). The second kappa shape index (κ2) is 7.42. The fraction of sp³-hybridized carbons (Fsp3) is 0.276. The first-order valence-electron chi connectivity index (χ1n) is 12.1. The number of carbonyl (C=O) groups excluding carboxylic acids is 3. The predicted octanol–water partition coefficient (Wildman–Crippen LogP) is 5.42. The van der Waals surface area contributed by atoms with Crippen molar-refractivity contribution in [2.45, 2.75) is 30.1 Å². The molecule has 0 N–H and O–H groups in total.